The summed E-state index contributed by atoms with van der Waals surface area (Å²) in [6.07, 6.45) is 1.77. The third-order valence-corrected chi connectivity index (χ3v) is 3.35. The van der Waals surface area contributed by atoms with Gasteiger partial charge in [-0.2, -0.15) is 0 Å². The monoisotopic (exact) mass is 265 g/mol. The summed E-state index contributed by atoms with van der Waals surface area (Å²) in [4.78, 5) is 11.4. The fourth-order valence-electron chi connectivity index (χ4n) is 2.34. The van der Waals surface area contributed by atoms with Crippen LogP contribution in [-0.2, 0) is 9.53 Å². The van der Waals surface area contributed by atoms with Crippen LogP contribution in [0.15, 0.2) is 24.3 Å². The lowest BCUT2D eigenvalue weighted by molar-refractivity contribution is -0.140. The van der Waals surface area contributed by atoms with Crippen molar-refractivity contribution in [1.29, 1.82) is 0 Å². The fourth-order valence-corrected chi connectivity index (χ4v) is 2.34. The van der Waals surface area contributed by atoms with Gasteiger partial charge in [0.25, 0.3) is 0 Å². The van der Waals surface area contributed by atoms with E-state index in [4.69, 9.17) is 9.47 Å². The van der Waals surface area contributed by atoms with Crippen LogP contribution in [-0.4, -0.2) is 37.4 Å². The van der Waals surface area contributed by atoms with E-state index in [2.05, 4.69) is 5.32 Å². The number of benzene rings is 1. The van der Waals surface area contributed by atoms with Gasteiger partial charge in [-0.25, -0.2) is 4.79 Å². The second-order valence-electron chi connectivity index (χ2n) is 4.64. The number of rotatable bonds is 5. The summed E-state index contributed by atoms with van der Waals surface area (Å²) in [5.41, 5.74) is 0.697. The van der Waals surface area contributed by atoms with E-state index in [1.54, 1.807) is 13.2 Å². The highest BCUT2D eigenvalue weighted by molar-refractivity contribution is 5.78. The summed E-state index contributed by atoms with van der Waals surface area (Å²) in [5, 5.41) is 12.5. The Labute approximate surface area is 112 Å². The molecule has 0 aliphatic carbocycles. The summed E-state index contributed by atoms with van der Waals surface area (Å²) >= 11 is 0. The smallest absolute Gasteiger partial charge is 0.326 e. The number of aliphatic carboxylic acids is 1. The molecule has 0 aromatic heterocycles. The first kappa shape index (κ1) is 13.7. The van der Waals surface area contributed by atoms with E-state index in [1.807, 2.05) is 18.2 Å². The van der Waals surface area contributed by atoms with Crippen molar-refractivity contribution in [3.05, 3.63) is 24.3 Å². The lowest BCUT2D eigenvalue weighted by Gasteiger charge is -2.29. The molecule has 0 radical (unpaired) electrons. The zero-order valence-corrected chi connectivity index (χ0v) is 11.0. The SMILES string of the molecule is COc1ccccc1NC(C(=O)O)C1CCCOC1. The van der Waals surface area contributed by atoms with Crippen LogP contribution in [0.3, 0.4) is 0 Å². The predicted octanol–water partition coefficient (Wildman–Crippen LogP) is 1.99. The number of para-hydroxylation sites is 2. The minimum Gasteiger partial charge on any atom is -0.495 e. The molecule has 0 spiro atoms. The van der Waals surface area contributed by atoms with Gasteiger partial charge in [0, 0.05) is 12.5 Å². The summed E-state index contributed by atoms with van der Waals surface area (Å²) in [5.74, 6) is -0.233. The van der Waals surface area contributed by atoms with E-state index in [-0.39, 0.29) is 5.92 Å². The van der Waals surface area contributed by atoms with Gasteiger partial charge in [0.15, 0.2) is 0 Å². The van der Waals surface area contributed by atoms with Crippen molar-refractivity contribution < 1.29 is 19.4 Å². The van der Waals surface area contributed by atoms with Gasteiger partial charge in [-0.05, 0) is 25.0 Å². The maximum absolute atomic E-state index is 11.4. The first-order valence-corrected chi connectivity index (χ1v) is 6.42. The van der Waals surface area contributed by atoms with Gasteiger partial charge in [-0.1, -0.05) is 12.1 Å². The molecule has 2 unspecified atom stereocenters. The molecule has 0 bridgehead atoms. The van der Waals surface area contributed by atoms with Crippen molar-refractivity contribution >= 4 is 11.7 Å². The molecule has 104 valence electrons. The van der Waals surface area contributed by atoms with E-state index in [9.17, 15) is 9.90 Å². The molecular weight excluding hydrogens is 246 g/mol. The number of carboxylic acids is 1. The molecule has 0 saturated carbocycles. The molecule has 2 rings (SSSR count). The molecule has 1 aromatic rings. The Morgan fingerprint density at radius 2 is 2.32 bits per heavy atom. The number of carboxylic acid groups (broad SMARTS) is 1. The van der Waals surface area contributed by atoms with Gasteiger partial charge in [-0.3, -0.25) is 0 Å². The predicted molar refractivity (Wildman–Crippen MR) is 71.6 cm³/mol. The first-order valence-electron chi connectivity index (χ1n) is 6.42. The number of anilines is 1. The highest BCUT2D eigenvalue weighted by atomic mass is 16.5. The minimum absolute atomic E-state index is 0.0174. The fraction of sp³-hybridized carbons (Fsp3) is 0.500. The van der Waals surface area contributed by atoms with Crippen molar-refractivity contribution in [3.63, 3.8) is 0 Å². The lowest BCUT2D eigenvalue weighted by Crippen LogP contribution is -2.41. The third kappa shape index (κ3) is 3.38. The zero-order chi connectivity index (χ0) is 13.7. The summed E-state index contributed by atoms with van der Waals surface area (Å²) in [6, 6.07) is 6.67. The van der Waals surface area contributed by atoms with Gasteiger partial charge in [0.1, 0.15) is 11.8 Å². The molecular formula is C14H19NO4. The van der Waals surface area contributed by atoms with Crippen LogP contribution in [0.4, 0.5) is 5.69 Å². The van der Waals surface area contributed by atoms with Crippen LogP contribution >= 0.6 is 0 Å². The van der Waals surface area contributed by atoms with Crippen LogP contribution in [0.25, 0.3) is 0 Å². The van der Waals surface area contributed by atoms with E-state index in [1.165, 1.54) is 0 Å². The molecule has 1 aliphatic heterocycles. The van der Waals surface area contributed by atoms with Gasteiger partial charge >= 0.3 is 5.97 Å². The third-order valence-electron chi connectivity index (χ3n) is 3.35. The topological polar surface area (TPSA) is 67.8 Å². The second kappa shape index (κ2) is 6.43. The van der Waals surface area contributed by atoms with Gasteiger partial charge in [-0.15, -0.1) is 0 Å². The normalized spacial score (nSPS) is 20.6. The Morgan fingerprint density at radius 3 is 2.95 bits per heavy atom. The van der Waals surface area contributed by atoms with E-state index in [0.717, 1.165) is 19.4 Å². The molecule has 1 aliphatic rings. The Hall–Kier alpha value is -1.75. The van der Waals surface area contributed by atoms with Gasteiger partial charge < -0.3 is 19.9 Å². The van der Waals surface area contributed by atoms with Crippen LogP contribution < -0.4 is 10.1 Å². The maximum atomic E-state index is 11.4. The molecule has 1 aromatic carbocycles. The number of methoxy groups -OCH3 is 1. The van der Waals surface area contributed by atoms with Crippen molar-refractivity contribution in [2.24, 2.45) is 5.92 Å². The van der Waals surface area contributed by atoms with E-state index < -0.39 is 12.0 Å². The highest BCUT2D eigenvalue weighted by Crippen LogP contribution is 2.27. The first-order chi connectivity index (χ1) is 9.22. The van der Waals surface area contributed by atoms with Gasteiger partial charge in [0.2, 0.25) is 0 Å². The number of ether oxygens (including phenoxy) is 2. The standard InChI is InChI=1S/C14H19NO4/c1-18-12-7-3-2-6-11(12)15-13(14(16)17)10-5-4-8-19-9-10/h2-3,6-7,10,13,15H,4-5,8-9H2,1H3,(H,16,17). The molecule has 0 amide bonds. The molecule has 19 heavy (non-hydrogen) atoms. The Morgan fingerprint density at radius 1 is 1.53 bits per heavy atom. The summed E-state index contributed by atoms with van der Waals surface area (Å²) < 4.78 is 10.6. The van der Waals surface area contributed by atoms with Crippen molar-refractivity contribution in [1.82, 2.24) is 0 Å². The van der Waals surface area contributed by atoms with Crippen molar-refractivity contribution in [3.8, 4) is 5.75 Å². The van der Waals surface area contributed by atoms with Crippen molar-refractivity contribution in [2.75, 3.05) is 25.6 Å². The summed E-state index contributed by atoms with van der Waals surface area (Å²) in [7, 11) is 1.57. The second-order valence-corrected chi connectivity index (χ2v) is 4.64. The van der Waals surface area contributed by atoms with Crippen LogP contribution in [0, 0.1) is 5.92 Å². The molecule has 1 heterocycles. The van der Waals surface area contributed by atoms with E-state index in [0.29, 0.717) is 18.0 Å². The number of nitrogens with one attached hydrogen (secondary N) is 1. The van der Waals surface area contributed by atoms with Crippen LogP contribution in [0.1, 0.15) is 12.8 Å². The molecule has 2 atom stereocenters. The summed E-state index contributed by atoms with van der Waals surface area (Å²) in [6.45, 7) is 1.20. The average molecular weight is 265 g/mol. The molecule has 5 heteroatoms. The highest BCUT2D eigenvalue weighted by Gasteiger charge is 2.30. The lowest BCUT2D eigenvalue weighted by atomic mass is 9.93. The molecule has 1 saturated heterocycles. The van der Waals surface area contributed by atoms with Gasteiger partial charge in [0.05, 0.1) is 19.4 Å². The number of hydrogen-bond acceptors (Lipinski definition) is 4. The number of hydrogen-bond donors (Lipinski definition) is 2. The zero-order valence-electron chi connectivity index (χ0n) is 11.0. The molecule has 5 nitrogen and oxygen atoms in total. The van der Waals surface area contributed by atoms with Crippen LogP contribution in [0.5, 0.6) is 5.75 Å². The largest absolute Gasteiger partial charge is 0.495 e. The van der Waals surface area contributed by atoms with E-state index >= 15 is 0 Å². The minimum atomic E-state index is -0.860. The maximum Gasteiger partial charge on any atom is 0.326 e. The Kier molecular flexibility index (Phi) is 4.63. The average Bonchev–Trinajstić information content (AvgIpc) is 2.45. The van der Waals surface area contributed by atoms with Crippen LogP contribution in [0.2, 0.25) is 0 Å². The molecule has 1 fully saturated rings. The van der Waals surface area contributed by atoms with Crippen molar-refractivity contribution in [2.45, 2.75) is 18.9 Å². The number of carbonyl (C=O) groups is 1. The molecule has 2 N–H and O–H groups in total. The Balaban J connectivity index is 2.13. The quantitative estimate of drug-likeness (QED) is 0.852. The Bertz CT molecular complexity index is 429.